The van der Waals surface area contributed by atoms with Gasteiger partial charge in [-0.3, -0.25) is 4.79 Å². The van der Waals surface area contributed by atoms with Crippen molar-refractivity contribution in [2.75, 3.05) is 6.61 Å². The topological polar surface area (TPSA) is 69.3 Å². The average Bonchev–Trinajstić information content (AvgIpc) is 3.41. The molecule has 2 aromatic carbocycles. The third-order valence-electron chi connectivity index (χ3n) is 5.40. The van der Waals surface area contributed by atoms with E-state index in [0.717, 1.165) is 42.0 Å². The Kier molecular flexibility index (Phi) is 6.59. The number of aryl methyl sites for hydroxylation is 3. The molecule has 4 rings (SSSR count). The lowest BCUT2D eigenvalue weighted by atomic mass is 10.1. The van der Waals surface area contributed by atoms with Gasteiger partial charge in [-0.15, -0.1) is 0 Å². The van der Waals surface area contributed by atoms with Gasteiger partial charge in [-0.1, -0.05) is 18.2 Å². The summed E-state index contributed by atoms with van der Waals surface area (Å²) in [7, 11) is 0. The molecule has 166 valence electrons. The van der Waals surface area contributed by atoms with Crippen LogP contribution in [0.4, 0.5) is 0 Å². The average molecular weight is 432 g/mol. The molecule has 6 heteroatoms. The molecule has 0 spiro atoms. The predicted octanol–water partition coefficient (Wildman–Crippen LogP) is 5.60. The van der Waals surface area contributed by atoms with Crippen LogP contribution >= 0.6 is 0 Å². The predicted molar refractivity (Wildman–Crippen MR) is 125 cm³/mol. The third-order valence-corrected chi connectivity index (χ3v) is 5.40. The number of para-hydroxylation sites is 2. The zero-order chi connectivity index (χ0) is 22.5. The van der Waals surface area contributed by atoms with Crippen molar-refractivity contribution >= 4 is 16.9 Å². The lowest BCUT2D eigenvalue weighted by Gasteiger charge is -2.16. The summed E-state index contributed by atoms with van der Waals surface area (Å²) in [4.78, 5) is 17.2. The summed E-state index contributed by atoms with van der Waals surface area (Å²) in [5.41, 5.74) is 4.41. The first-order valence-electron chi connectivity index (χ1n) is 11.0. The van der Waals surface area contributed by atoms with E-state index in [9.17, 15) is 4.79 Å². The van der Waals surface area contributed by atoms with Crippen LogP contribution in [0.2, 0.25) is 0 Å². The number of ether oxygens (including phenoxy) is 1. The summed E-state index contributed by atoms with van der Waals surface area (Å²) in [5.74, 6) is 1.80. The summed E-state index contributed by atoms with van der Waals surface area (Å²) < 4.78 is 13.4. The lowest BCUT2D eigenvalue weighted by molar-refractivity contribution is 0.0909. The molecule has 6 nitrogen and oxygen atoms in total. The smallest absolute Gasteiger partial charge is 0.287 e. The van der Waals surface area contributed by atoms with E-state index in [1.165, 1.54) is 17.4 Å². The lowest BCUT2D eigenvalue weighted by Crippen LogP contribution is -2.28. The van der Waals surface area contributed by atoms with Crippen LogP contribution in [0, 0.1) is 13.8 Å². The number of hydrogen-bond acceptors (Lipinski definition) is 4. The van der Waals surface area contributed by atoms with Crippen LogP contribution in [0.15, 0.2) is 65.3 Å². The van der Waals surface area contributed by atoms with Crippen LogP contribution in [0.5, 0.6) is 5.75 Å². The van der Waals surface area contributed by atoms with E-state index in [1.54, 1.807) is 12.1 Å². The Labute approximate surface area is 188 Å². The zero-order valence-corrected chi connectivity index (χ0v) is 18.8. The summed E-state index contributed by atoms with van der Waals surface area (Å²) in [5, 5.41) is 2.99. The van der Waals surface area contributed by atoms with E-state index >= 15 is 0 Å². The van der Waals surface area contributed by atoms with Crippen LogP contribution in [0.25, 0.3) is 11.0 Å². The van der Waals surface area contributed by atoms with E-state index in [4.69, 9.17) is 14.1 Å². The Morgan fingerprint density at radius 2 is 1.88 bits per heavy atom. The number of nitrogens with one attached hydrogen (secondary N) is 1. The summed E-state index contributed by atoms with van der Waals surface area (Å²) >= 11 is 0. The van der Waals surface area contributed by atoms with Gasteiger partial charge in [0.2, 0.25) is 0 Å². The van der Waals surface area contributed by atoms with Crippen molar-refractivity contribution in [1.29, 1.82) is 0 Å². The molecule has 1 N–H and O–H groups in total. The fourth-order valence-corrected chi connectivity index (χ4v) is 3.98. The number of carbonyl (C=O) groups excluding carboxylic acids is 1. The Bertz CT molecular complexity index is 1170. The number of hydrogen-bond donors (Lipinski definition) is 1. The van der Waals surface area contributed by atoms with Gasteiger partial charge >= 0.3 is 0 Å². The molecule has 1 atom stereocenters. The highest BCUT2D eigenvalue weighted by Crippen LogP contribution is 2.22. The Hall–Kier alpha value is -3.54. The van der Waals surface area contributed by atoms with Crippen molar-refractivity contribution in [3.8, 4) is 5.75 Å². The maximum atomic E-state index is 12.4. The molecule has 0 aliphatic carbocycles. The molecule has 0 bridgehead atoms. The number of nitrogens with zero attached hydrogens (tertiary/aromatic N) is 2. The van der Waals surface area contributed by atoms with E-state index < -0.39 is 0 Å². The normalized spacial score (nSPS) is 12.1. The number of benzene rings is 2. The minimum Gasteiger partial charge on any atom is -0.494 e. The van der Waals surface area contributed by atoms with Gasteiger partial charge in [0.15, 0.2) is 5.76 Å². The first kappa shape index (κ1) is 21.7. The second-order valence-corrected chi connectivity index (χ2v) is 8.16. The van der Waals surface area contributed by atoms with Crippen LogP contribution in [-0.4, -0.2) is 22.1 Å². The number of furan rings is 1. The molecule has 2 aromatic heterocycles. The van der Waals surface area contributed by atoms with Gasteiger partial charge in [0.1, 0.15) is 11.6 Å². The highest BCUT2D eigenvalue weighted by atomic mass is 16.5. The minimum absolute atomic E-state index is 0.247. The molecule has 0 fully saturated rings. The van der Waals surface area contributed by atoms with E-state index in [1.807, 2.05) is 25.1 Å². The third kappa shape index (κ3) is 5.02. The van der Waals surface area contributed by atoms with Crippen molar-refractivity contribution in [3.63, 3.8) is 0 Å². The number of carbonyl (C=O) groups is 1. The Balaban J connectivity index is 1.41. The van der Waals surface area contributed by atoms with E-state index in [0.29, 0.717) is 12.4 Å². The molecule has 4 aromatic rings. The summed E-state index contributed by atoms with van der Waals surface area (Å²) in [6.07, 6.45) is 3.36. The number of fused-ring (bicyclic) bond motifs is 1. The van der Waals surface area contributed by atoms with Gasteiger partial charge in [-0.05, 0) is 81.1 Å². The van der Waals surface area contributed by atoms with Crippen molar-refractivity contribution in [1.82, 2.24) is 14.9 Å². The first-order chi connectivity index (χ1) is 15.5. The number of unbranched alkanes of at least 4 members (excludes halogenated alkanes) is 1. The minimum atomic E-state index is -0.258. The van der Waals surface area contributed by atoms with Crippen molar-refractivity contribution in [2.45, 2.75) is 46.2 Å². The Morgan fingerprint density at radius 1 is 1.09 bits per heavy atom. The van der Waals surface area contributed by atoms with Crippen LogP contribution in [0.3, 0.4) is 0 Å². The van der Waals surface area contributed by atoms with Gasteiger partial charge < -0.3 is 19.0 Å². The fraction of sp³-hybridized carbons (Fsp3) is 0.308. The molecule has 0 aliphatic heterocycles. The molecule has 2 heterocycles. The molecule has 1 amide bonds. The maximum absolute atomic E-state index is 12.4. The molecule has 0 saturated heterocycles. The van der Waals surface area contributed by atoms with Gasteiger partial charge in [0.05, 0.1) is 29.9 Å². The fourth-order valence-electron chi connectivity index (χ4n) is 3.98. The number of aromatic nitrogens is 2. The molecule has 32 heavy (non-hydrogen) atoms. The van der Waals surface area contributed by atoms with Gasteiger partial charge in [-0.25, -0.2) is 4.98 Å². The van der Waals surface area contributed by atoms with Crippen molar-refractivity contribution < 1.29 is 13.9 Å². The van der Waals surface area contributed by atoms with Crippen LogP contribution in [-0.2, 0) is 6.54 Å². The highest BCUT2D eigenvalue weighted by molar-refractivity contribution is 5.91. The quantitative estimate of drug-likeness (QED) is 0.350. The number of rotatable bonds is 9. The molecular formula is C26H29N3O3. The summed E-state index contributed by atoms with van der Waals surface area (Å²) in [6.45, 7) is 7.57. The molecule has 0 unspecified atom stereocenters. The van der Waals surface area contributed by atoms with Gasteiger partial charge in [-0.2, -0.15) is 0 Å². The second-order valence-electron chi connectivity index (χ2n) is 8.16. The molecule has 0 radical (unpaired) electrons. The SMILES string of the molecule is Cc1cc(C)cc(OCCCCn2c([C@@H](C)NC(=O)c3ccco3)nc3ccccc32)c1. The van der Waals surface area contributed by atoms with E-state index in [-0.39, 0.29) is 11.9 Å². The molecular weight excluding hydrogens is 402 g/mol. The zero-order valence-electron chi connectivity index (χ0n) is 18.8. The summed E-state index contributed by atoms with van der Waals surface area (Å²) in [6, 6.07) is 17.4. The van der Waals surface area contributed by atoms with Gasteiger partial charge in [0.25, 0.3) is 5.91 Å². The van der Waals surface area contributed by atoms with E-state index in [2.05, 4.69) is 48.0 Å². The Morgan fingerprint density at radius 3 is 2.62 bits per heavy atom. The van der Waals surface area contributed by atoms with Crippen molar-refractivity contribution in [2.24, 2.45) is 0 Å². The molecule has 0 aliphatic rings. The first-order valence-corrected chi connectivity index (χ1v) is 11.0. The highest BCUT2D eigenvalue weighted by Gasteiger charge is 2.20. The standard InChI is InChI=1S/C26H29N3O3/c1-18-15-19(2)17-21(16-18)31-13-7-6-12-29-23-10-5-4-9-22(23)28-25(29)20(3)27-26(30)24-11-8-14-32-24/h4-5,8-11,14-17,20H,6-7,12-13H2,1-3H3,(H,27,30)/t20-/m1/s1. The number of imidazole rings is 1. The maximum Gasteiger partial charge on any atom is 0.287 e. The van der Waals surface area contributed by atoms with Crippen molar-refractivity contribution in [3.05, 3.63) is 83.6 Å². The second kappa shape index (κ2) is 9.73. The van der Waals surface area contributed by atoms with Crippen LogP contribution in [0.1, 0.15) is 53.3 Å². The molecule has 0 saturated carbocycles. The van der Waals surface area contributed by atoms with Crippen LogP contribution < -0.4 is 10.1 Å². The number of amides is 1. The monoisotopic (exact) mass is 431 g/mol. The van der Waals surface area contributed by atoms with Gasteiger partial charge in [0, 0.05) is 6.54 Å². The largest absolute Gasteiger partial charge is 0.494 e.